The number of hydrogen-bond acceptors (Lipinski definition) is 3. The number of likely N-dealkylation sites (tertiary alicyclic amines) is 1. The van der Waals surface area contributed by atoms with E-state index in [-0.39, 0.29) is 6.29 Å². The highest BCUT2D eigenvalue weighted by Gasteiger charge is 2.32. The van der Waals surface area contributed by atoms with E-state index < -0.39 is 0 Å². The normalized spacial score (nSPS) is 30.6. The Morgan fingerprint density at radius 1 is 1.16 bits per heavy atom. The van der Waals surface area contributed by atoms with Crippen molar-refractivity contribution in [2.45, 2.75) is 71.2 Å². The maximum atomic E-state index is 6.15. The van der Waals surface area contributed by atoms with Gasteiger partial charge in [0, 0.05) is 12.5 Å². The molecule has 2 saturated heterocycles. The van der Waals surface area contributed by atoms with Crippen molar-refractivity contribution in [1.29, 1.82) is 0 Å². The Bertz CT molecular complexity index is 241. The van der Waals surface area contributed by atoms with Crippen LogP contribution in [0.3, 0.4) is 0 Å². The number of rotatable bonds is 7. The predicted molar refractivity (Wildman–Crippen MR) is 78.2 cm³/mol. The second-order valence-corrected chi connectivity index (χ2v) is 6.13. The summed E-state index contributed by atoms with van der Waals surface area (Å²) in [6, 6.07) is 0. The van der Waals surface area contributed by atoms with Gasteiger partial charge in [0.15, 0.2) is 6.29 Å². The van der Waals surface area contributed by atoms with Crippen LogP contribution in [0, 0.1) is 5.92 Å². The lowest BCUT2D eigenvalue weighted by atomic mass is 9.99. The van der Waals surface area contributed by atoms with Crippen LogP contribution in [-0.2, 0) is 9.47 Å². The largest absolute Gasteiger partial charge is 0.350 e. The van der Waals surface area contributed by atoms with Gasteiger partial charge in [0.25, 0.3) is 0 Å². The molecule has 0 bridgehead atoms. The number of piperidine rings is 1. The molecule has 3 nitrogen and oxygen atoms in total. The lowest BCUT2D eigenvalue weighted by molar-refractivity contribution is -0.103. The van der Waals surface area contributed by atoms with Crippen LogP contribution >= 0.6 is 0 Å². The molecule has 2 fully saturated rings. The molecule has 0 saturated carbocycles. The van der Waals surface area contributed by atoms with Crippen LogP contribution in [0.4, 0.5) is 0 Å². The second kappa shape index (κ2) is 8.23. The highest BCUT2D eigenvalue weighted by atomic mass is 16.7. The van der Waals surface area contributed by atoms with Crippen LogP contribution < -0.4 is 0 Å². The third-order valence-corrected chi connectivity index (χ3v) is 4.52. The molecule has 0 aromatic rings. The Balaban J connectivity index is 1.71. The molecule has 0 aliphatic carbocycles. The molecule has 3 heteroatoms. The Hall–Kier alpha value is -0.120. The lowest BCUT2D eigenvalue weighted by Crippen LogP contribution is -2.37. The van der Waals surface area contributed by atoms with Crippen molar-refractivity contribution in [3.8, 4) is 0 Å². The van der Waals surface area contributed by atoms with Crippen LogP contribution in [0.25, 0.3) is 0 Å². The van der Waals surface area contributed by atoms with Crippen LogP contribution in [0.1, 0.15) is 58.8 Å². The summed E-state index contributed by atoms with van der Waals surface area (Å²) >= 11 is 0. The Kier molecular flexibility index (Phi) is 6.62. The third-order valence-electron chi connectivity index (χ3n) is 4.52. The van der Waals surface area contributed by atoms with E-state index in [1.54, 1.807) is 0 Å². The van der Waals surface area contributed by atoms with Gasteiger partial charge in [-0.25, -0.2) is 0 Å². The van der Waals surface area contributed by atoms with Gasteiger partial charge in [-0.3, -0.25) is 0 Å². The minimum absolute atomic E-state index is 0.0614. The molecule has 0 aromatic heterocycles. The summed E-state index contributed by atoms with van der Waals surface area (Å²) < 4.78 is 12.1. The summed E-state index contributed by atoms with van der Waals surface area (Å²) in [5.41, 5.74) is 0. The fourth-order valence-electron chi connectivity index (χ4n) is 3.24. The molecule has 2 rings (SSSR count). The quantitative estimate of drug-likeness (QED) is 0.707. The number of ether oxygens (including phenoxy) is 2. The molecule has 0 N–H and O–H groups in total. The molecule has 2 aliphatic heterocycles. The molecule has 0 unspecified atom stereocenters. The number of hydrogen-bond donors (Lipinski definition) is 0. The fourth-order valence-corrected chi connectivity index (χ4v) is 3.24. The first-order valence-electron chi connectivity index (χ1n) is 8.33. The van der Waals surface area contributed by atoms with Gasteiger partial charge in [0.2, 0.25) is 0 Å². The van der Waals surface area contributed by atoms with E-state index in [0.717, 1.165) is 13.2 Å². The smallest absolute Gasteiger partial charge is 0.161 e. The summed E-state index contributed by atoms with van der Waals surface area (Å²) in [5.74, 6) is 0.589. The van der Waals surface area contributed by atoms with Crippen LogP contribution in [0.15, 0.2) is 0 Å². The summed E-state index contributed by atoms with van der Waals surface area (Å²) in [7, 11) is 0. The van der Waals surface area contributed by atoms with Crippen molar-refractivity contribution in [3.05, 3.63) is 0 Å². The van der Waals surface area contributed by atoms with E-state index >= 15 is 0 Å². The standard InChI is InChI=1S/C16H31NO2/c1-3-5-9-14(4-2)16-18-13-15(19-16)12-17-10-7-6-8-11-17/h14-16H,3-13H2,1-2H3/t14-,15-,16+/m0/s1. The van der Waals surface area contributed by atoms with Gasteiger partial charge in [0.1, 0.15) is 0 Å². The van der Waals surface area contributed by atoms with Gasteiger partial charge in [-0.2, -0.15) is 0 Å². The van der Waals surface area contributed by atoms with E-state index in [1.165, 1.54) is 58.0 Å². The van der Waals surface area contributed by atoms with Gasteiger partial charge >= 0.3 is 0 Å². The maximum absolute atomic E-state index is 6.15. The summed E-state index contributed by atoms with van der Waals surface area (Å²) in [5, 5.41) is 0. The maximum Gasteiger partial charge on any atom is 0.161 e. The molecule has 2 aliphatic rings. The van der Waals surface area contributed by atoms with Crippen molar-refractivity contribution in [2.24, 2.45) is 5.92 Å². The van der Waals surface area contributed by atoms with Gasteiger partial charge in [-0.15, -0.1) is 0 Å². The Morgan fingerprint density at radius 3 is 2.63 bits per heavy atom. The lowest BCUT2D eigenvalue weighted by Gasteiger charge is -2.28. The van der Waals surface area contributed by atoms with Crippen LogP contribution in [0.5, 0.6) is 0 Å². The second-order valence-electron chi connectivity index (χ2n) is 6.13. The summed E-state index contributed by atoms with van der Waals surface area (Å²) in [6.07, 6.45) is 9.44. The molecule has 0 amide bonds. The van der Waals surface area contributed by atoms with Crippen LogP contribution in [-0.4, -0.2) is 43.5 Å². The predicted octanol–water partition coefficient (Wildman–Crippen LogP) is 3.43. The van der Waals surface area contributed by atoms with E-state index in [4.69, 9.17) is 9.47 Å². The zero-order valence-corrected chi connectivity index (χ0v) is 12.8. The van der Waals surface area contributed by atoms with Gasteiger partial charge in [-0.1, -0.05) is 33.1 Å². The number of unbranched alkanes of at least 4 members (excludes halogenated alkanes) is 1. The molecule has 2 heterocycles. The first-order valence-corrected chi connectivity index (χ1v) is 8.33. The van der Waals surface area contributed by atoms with Gasteiger partial charge in [-0.05, 0) is 38.8 Å². The molecule has 19 heavy (non-hydrogen) atoms. The third kappa shape index (κ3) is 4.73. The fraction of sp³-hybridized carbons (Fsp3) is 1.00. The zero-order chi connectivity index (χ0) is 13.5. The minimum atomic E-state index is 0.0614. The SMILES string of the molecule is CCCC[C@H](CC)[C@@H]1OC[C@H](CN2CCCCC2)O1. The molecule has 0 radical (unpaired) electrons. The zero-order valence-electron chi connectivity index (χ0n) is 12.8. The molecule has 3 atom stereocenters. The van der Waals surface area contributed by atoms with Crippen molar-refractivity contribution in [3.63, 3.8) is 0 Å². The van der Waals surface area contributed by atoms with E-state index in [1.807, 2.05) is 0 Å². The monoisotopic (exact) mass is 269 g/mol. The molecular weight excluding hydrogens is 238 g/mol. The average Bonchev–Trinajstić information content (AvgIpc) is 2.89. The Labute approximate surface area is 118 Å². The van der Waals surface area contributed by atoms with E-state index in [0.29, 0.717) is 12.0 Å². The minimum Gasteiger partial charge on any atom is -0.350 e. The van der Waals surface area contributed by atoms with Gasteiger partial charge in [0.05, 0.1) is 12.7 Å². The number of nitrogens with zero attached hydrogens (tertiary/aromatic N) is 1. The first-order chi connectivity index (χ1) is 9.33. The van der Waals surface area contributed by atoms with Crippen molar-refractivity contribution < 1.29 is 9.47 Å². The Morgan fingerprint density at radius 2 is 1.95 bits per heavy atom. The topological polar surface area (TPSA) is 21.7 Å². The van der Waals surface area contributed by atoms with Gasteiger partial charge < -0.3 is 14.4 Å². The molecule has 112 valence electrons. The van der Waals surface area contributed by atoms with E-state index in [9.17, 15) is 0 Å². The average molecular weight is 269 g/mol. The summed E-state index contributed by atoms with van der Waals surface area (Å²) in [4.78, 5) is 2.55. The first kappa shape index (κ1) is 15.3. The van der Waals surface area contributed by atoms with Crippen molar-refractivity contribution >= 4 is 0 Å². The molecule has 0 spiro atoms. The highest BCUT2D eigenvalue weighted by molar-refractivity contribution is 4.76. The van der Waals surface area contributed by atoms with Crippen LogP contribution in [0.2, 0.25) is 0 Å². The van der Waals surface area contributed by atoms with Crippen molar-refractivity contribution in [1.82, 2.24) is 4.90 Å². The van der Waals surface area contributed by atoms with Crippen molar-refractivity contribution in [2.75, 3.05) is 26.2 Å². The molecular formula is C16H31NO2. The highest BCUT2D eigenvalue weighted by Crippen LogP contribution is 2.26. The summed E-state index contributed by atoms with van der Waals surface area (Å²) in [6.45, 7) is 8.87. The van der Waals surface area contributed by atoms with E-state index in [2.05, 4.69) is 18.7 Å². The molecule has 0 aromatic carbocycles.